The summed E-state index contributed by atoms with van der Waals surface area (Å²) in [5, 5.41) is 12.6. The first kappa shape index (κ1) is 25.7. The second-order valence-corrected chi connectivity index (χ2v) is 8.81. The Hall–Kier alpha value is -4.36. The average Bonchev–Trinajstić information content (AvgIpc) is 3.50. The number of nitrogens with zero attached hydrogens (tertiary/aromatic N) is 2. The van der Waals surface area contributed by atoms with Gasteiger partial charge in [-0.05, 0) is 46.9 Å². The van der Waals surface area contributed by atoms with Crippen molar-refractivity contribution in [3.05, 3.63) is 64.2 Å². The number of anilines is 1. The fourth-order valence-corrected chi connectivity index (χ4v) is 4.54. The molecule has 194 valence electrons. The Morgan fingerprint density at radius 3 is 2.59 bits per heavy atom. The lowest BCUT2D eigenvalue weighted by Gasteiger charge is -2.31. The highest BCUT2D eigenvalue weighted by Crippen LogP contribution is 2.35. The number of primary amides is 1. The highest BCUT2D eigenvalue weighted by molar-refractivity contribution is 7.09. The zero-order chi connectivity index (χ0) is 26.5. The van der Waals surface area contributed by atoms with Gasteiger partial charge in [0.05, 0.1) is 12.3 Å². The molecular formula is C24H25N5O7S. The molecule has 1 aliphatic rings. The van der Waals surface area contributed by atoms with E-state index in [4.69, 9.17) is 25.7 Å². The molecule has 4 rings (SSSR count). The molecule has 0 saturated heterocycles. The van der Waals surface area contributed by atoms with E-state index in [0.717, 1.165) is 0 Å². The van der Waals surface area contributed by atoms with E-state index in [9.17, 15) is 19.5 Å². The van der Waals surface area contributed by atoms with Gasteiger partial charge in [0.25, 0.3) is 11.8 Å². The lowest BCUT2D eigenvalue weighted by molar-refractivity contribution is -0.126. The molecule has 1 atom stereocenters. The molecule has 0 saturated carbocycles. The number of methoxy groups -OCH3 is 1. The largest absolute Gasteiger partial charge is 0.508 e. The van der Waals surface area contributed by atoms with E-state index in [1.54, 1.807) is 30.3 Å². The molecule has 0 radical (unpaired) electrons. The zero-order valence-corrected chi connectivity index (χ0v) is 20.6. The Balaban J connectivity index is 1.78. The highest BCUT2D eigenvalue weighted by Gasteiger charge is 2.35. The quantitative estimate of drug-likeness (QED) is 0.284. The number of amides is 3. The number of ether oxygens (including phenoxy) is 3. The smallest absolute Gasteiger partial charge is 0.270 e. The number of hydrogen-bond donors (Lipinski definition) is 4. The number of phenols is 1. The van der Waals surface area contributed by atoms with Gasteiger partial charge in [-0.2, -0.15) is 4.37 Å². The van der Waals surface area contributed by atoms with Crippen molar-refractivity contribution in [3.63, 3.8) is 0 Å². The van der Waals surface area contributed by atoms with Crippen molar-refractivity contribution >= 4 is 34.9 Å². The predicted molar refractivity (Wildman–Crippen MR) is 133 cm³/mol. The third-order valence-electron chi connectivity index (χ3n) is 5.58. The van der Waals surface area contributed by atoms with E-state index < -0.39 is 23.8 Å². The van der Waals surface area contributed by atoms with Crippen molar-refractivity contribution in [3.8, 4) is 17.2 Å². The number of aromatic nitrogens is 1. The van der Waals surface area contributed by atoms with Crippen LogP contribution >= 0.6 is 11.5 Å². The molecule has 37 heavy (non-hydrogen) atoms. The molecule has 0 unspecified atom stereocenters. The summed E-state index contributed by atoms with van der Waals surface area (Å²) in [6, 6.07) is 9.94. The average molecular weight is 528 g/mol. The van der Waals surface area contributed by atoms with Crippen molar-refractivity contribution < 1.29 is 33.7 Å². The molecule has 2 aromatic carbocycles. The zero-order valence-electron chi connectivity index (χ0n) is 19.8. The lowest BCUT2D eigenvalue weighted by Crippen LogP contribution is -2.44. The molecule has 0 spiro atoms. The minimum Gasteiger partial charge on any atom is -0.508 e. The summed E-state index contributed by atoms with van der Waals surface area (Å²) in [7, 11) is 1.50. The number of carbonyl (C=O) groups is 3. The first-order valence-electron chi connectivity index (χ1n) is 11.1. The highest BCUT2D eigenvalue weighted by atomic mass is 32.1. The summed E-state index contributed by atoms with van der Waals surface area (Å²) in [6.07, 6.45) is 0. The van der Waals surface area contributed by atoms with Gasteiger partial charge in [0, 0.05) is 20.2 Å². The van der Waals surface area contributed by atoms with E-state index in [2.05, 4.69) is 9.69 Å². The Kier molecular flexibility index (Phi) is 7.74. The van der Waals surface area contributed by atoms with E-state index in [0.29, 0.717) is 34.2 Å². The number of rotatable bonds is 10. The Bertz CT molecular complexity index is 1310. The molecule has 0 aliphatic carbocycles. The number of nitrogens with one attached hydrogen (secondary N) is 1. The topological polar surface area (TPSA) is 179 Å². The second kappa shape index (κ2) is 11.1. The van der Waals surface area contributed by atoms with Crippen LogP contribution < -0.4 is 26.3 Å². The van der Waals surface area contributed by atoms with Crippen LogP contribution in [0.5, 0.6) is 17.2 Å². The van der Waals surface area contributed by atoms with Gasteiger partial charge >= 0.3 is 0 Å². The van der Waals surface area contributed by atoms with Crippen molar-refractivity contribution in [2.45, 2.75) is 12.6 Å². The van der Waals surface area contributed by atoms with Crippen LogP contribution in [0, 0.1) is 0 Å². The first-order chi connectivity index (χ1) is 17.8. The molecule has 12 nitrogen and oxygen atoms in total. The normalized spacial score (nSPS) is 12.7. The third-order valence-corrected chi connectivity index (χ3v) is 6.43. The molecular weight excluding hydrogens is 502 g/mol. The van der Waals surface area contributed by atoms with Crippen LogP contribution in [0.1, 0.15) is 37.3 Å². The predicted octanol–water partition coefficient (Wildman–Crippen LogP) is 1.40. The van der Waals surface area contributed by atoms with Crippen molar-refractivity contribution in [1.29, 1.82) is 0 Å². The van der Waals surface area contributed by atoms with Gasteiger partial charge in [-0.1, -0.05) is 18.2 Å². The fourth-order valence-electron chi connectivity index (χ4n) is 3.78. The molecule has 3 amide bonds. The van der Waals surface area contributed by atoms with Crippen LogP contribution in [-0.2, 0) is 16.1 Å². The molecule has 1 aromatic heterocycles. The lowest BCUT2D eigenvalue weighted by atomic mass is 10.0. The van der Waals surface area contributed by atoms with Crippen molar-refractivity contribution in [2.24, 2.45) is 5.73 Å². The van der Waals surface area contributed by atoms with Gasteiger partial charge < -0.3 is 41.0 Å². The number of aromatic hydroxyl groups is 1. The van der Waals surface area contributed by atoms with Crippen LogP contribution in [0.25, 0.3) is 0 Å². The molecule has 3 aromatic rings. The van der Waals surface area contributed by atoms with Gasteiger partial charge in [-0.15, -0.1) is 0 Å². The van der Waals surface area contributed by atoms with Gasteiger partial charge in [0.15, 0.2) is 17.2 Å². The summed E-state index contributed by atoms with van der Waals surface area (Å²) >= 11 is 0.716. The minimum atomic E-state index is -1.14. The van der Waals surface area contributed by atoms with E-state index in [1.807, 2.05) is 0 Å². The van der Waals surface area contributed by atoms with Crippen molar-refractivity contribution in [1.82, 2.24) is 14.6 Å². The fraction of sp³-hybridized carbons (Fsp3) is 0.250. The van der Waals surface area contributed by atoms with Crippen LogP contribution in [0.15, 0.2) is 42.5 Å². The summed E-state index contributed by atoms with van der Waals surface area (Å²) in [5.74, 6) is -0.942. The Morgan fingerprint density at radius 1 is 1.19 bits per heavy atom. The first-order valence-corrected chi connectivity index (χ1v) is 11.9. The standard InChI is InChI=1S/C24H25N5O7S/c1-34-9-8-27-23(32)20(14-3-5-15(30)6-4-14)29(11-13-2-7-16-17(10-13)36-12-35-16)24(33)21-18(25)19(22(26)31)28-37-21/h2-7,10,20,30H,8-9,11-12,25H2,1H3,(H2,26,31)(H,27,32)/t20-/m0/s1. The van der Waals surface area contributed by atoms with Crippen molar-refractivity contribution in [2.75, 3.05) is 32.8 Å². The number of benzene rings is 2. The third kappa shape index (κ3) is 5.57. The van der Waals surface area contributed by atoms with Crippen LogP contribution in [0.4, 0.5) is 5.69 Å². The maximum atomic E-state index is 13.9. The summed E-state index contributed by atoms with van der Waals surface area (Å²) in [5.41, 5.74) is 12.1. The molecule has 2 heterocycles. The maximum absolute atomic E-state index is 13.9. The molecule has 6 N–H and O–H groups in total. The summed E-state index contributed by atoms with van der Waals surface area (Å²) < 4.78 is 19.8. The number of hydrogen-bond acceptors (Lipinski definition) is 10. The Morgan fingerprint density at radius 2 is 1.92 bits per heavy atom. The number of phenolic OH excluding ortho intramolecular Hbond substituents is 1. The molecule has 13 heteroatoms. The number of nitrogens with two attached hydrogens (primary N) is 2. The van der Waals surface area contributed by atoms with E-state index in [-0.39, 0.29) is 48.5 Å². The summed E-state index contributed by atoms with van der Waals surface area (Å²) in [4.78, 5) is 40.4. The van der Waals surface area contributed by atoms with Crippen LogP contribution in [0.2, 0.25) is 0 Å². The van der Waals surface area contributed by atoms with Crippen LogP contribution in [0.3, 0.4) is 0 Å². The SMILES string of the molecule is COCCNC(=O)[C@H](c1ccc(O)cc1)N(Cc1ccc2c(c1)OCO2)C(=O)c1snc(C(N)=O)c1N. The minimum absolute atomic E-state index is 0.00580. The summed E-state index contributed by atoms with van der Waals surface area (Å²) in [6.45, 7) is 0.493. The van der Waals surface area contributed by atoms with Crippen LogP contribution in [-0.4, -0.2) is 59.2 Å². The number of nitrogen functional groups attached to an aromatic ring is 1. The van der Waals surface area contributed by atoms with Gasteiger partial charge in [-0.25, -0.2) is 0 Å². The van der Waals surface area contributed by atoms with Gasteiger partial charge in [0.2, 0.25) is 12.7 Å². The molecule has 0 fully saturated rings. The maximum Gasteiger partial charge on any atom is 0.270 e. The number of carbonyl (C=O) groups excluding carboxylic acids is 3. The van der Waals surface area contributed by atoms with E-state index >= 15 is 0 Å². The monoisotopic (exact) mass is 527 g/mol. The second-order valence-electron chi connectivity index (χ2n) is 8.04. The van der Waals surface area contributed by atoms with Gasteiger partial charge in [-0.3, -0.25) is 14.4 Å². The Labute approximate surface area is 215 Å². The molecule has 1 aliphatic heterocycles. The number of fused-ring (bicyclic) bond motifs is 1. The molecule has 0 bridgehead atoms. The van der Waals surface area contributed by atoms with E-state index in [1.165, 1.54) is 24.1 Å². The van der Waals surface area contributed by atoms with Gasteiger partial charge in [0.1, 0.15) is 16.7 Å².